The van der Waals surface area contributed by atoms with Crippen LogP contribution in [-0.4, -0.2) is 29.6 Å². The maximum absolute atomic E-state index is 12.5. The third-order valence-electron chi connectivity index (χ3n) is 5.07. The number of ketones is 1. The van der Waals surface area contributed by atoms with Crippen LogP contribution in [0.25, 0.3) is 0 Å². The first kappa shape index (κ1) is 11.6. The number of Topliss-reactive ketones (excluding diaryl/α,β-unsaturated/α-hetero) is 1. The van der Waals surface area contributed by atoms with E-state index in [4.69, 9.17) is 9.47 Å². The zero-order valence-electron chi connectivity index (χ0n) is 10.2. The topological polar surface area (TPSA) is 35.5 Å². The van der Waals surface area contributed by atoms with Crippen molar-refractivity contribution in [2.24, 2.45) is 17.8 Å². The second-order valence-corrected chi connectivity index (χ2v) is 6.92. The molecule has 3 fully saturated rings. The number of carbonyl (C=O) groups is 1. The number of hydrogen-bond donors (Lipinski definition) is 0. The summed E-state index contributed by atoms with van der Waals surface area (Å²) in [5, 5.41) is 0. The van der Waals surface area contributed by atoms with Crippen LogP contribution < -0.4 is 0 Å². The average molecular weight is 313 g/mol. The van der Waals surface area contributed by atoms with Gasteiger partial charge in [-0.15, -0.1) is 0 Å². The lowest BCUT2D eigenvalue weighted by atomic mass is 9.80. The van der Waals surface area contributed by atoms with E-state index in [0.29, 0.717) is 24.9 Å². The highest BCUT2D eigenvalue weighted by Crippen LogP contribution is 2.60. The fourth-order valence-corrected chi connectivity index (χ4v) is 5.42. The zero-order valence-corrected chi connectivity index (χ0v) is 11.8. The molecular formula is C14H17BrO3. The maximum atomic E-state index is 12.5. The fourth-order valence-electron chi connectivity index (χ4n) is 4.44. The minimum atomic E-state index is -0.530. The van der Waals surface area contributed by atoms with Gasteiger partial charge in [0.1, 0.15) is 0 Å². The van der Waals surface area contributed by atoms with Crippen molar-refractivity contribution in [2.75, 3.05) is 13.2 Å². The molecule has 4 atom stereocenters. The van der Waals surface area contributed by atoms with Gasteiger partial charge in [0.05, 0.1) is 18.0 Å². The third-order valence-corrected chi connectivity index (χ3v) is 6.08. The lowest BCUT2D eigenvalue weighted by molar-refractivity contribution is -0.187. The molecule has 4 rings (SSSR count). The van der Waals surface area contributed by atoms with E-state index in [1.54, 1.807) is 0 Å². The number of carbonyl (C=O) groups excluding carboxylic acids is 1. The predicted octanol–water partition coefficient (Wildman–Crippen LogP) is 2.44. The molecule has 18 heavy (non-hydrogen) atoms. The van der Waals surface area contributed by atoms with Gasteiger partial charge in [-0.3, -0.25) is 4.79 Å². The van der Waals surface area contributed by atoms with Crippen LogP contribution >= 0.6 is 15.9 Å². The Hall–Kier alpha value is -0.190. The summed E-state index contributed by atoms with van der Waals surface area (Å²) < 4.78 is 12.0. The number of alkyl halides is 1. The van der Waals surface area contributed by atoms with Crippen molar-refractivity contribution in [3.05, 3.63) is 11.6 Å². The molecule has 3 aliphatic carbocycles. The van der Waals surface area contributed by atoms with Crippen molar-refractivity contribution in [1.82, 2.24) is 0 Å². The molecule has 1 heterocycles. The van der Waals surface area contributed by atoms with E-state index in [9.17, 15) is 4.79 Å². The standard InChI is InChI=1S/C14H17BrO3/c15-11-7-10-12(14(11)17-5-6-18-14)8-3-1-2-4-9(8)13(10)16/h4,8,10-12H,1-3,5-7H2/t8?,10-,11?,12-/m1/s1. The van der Waals surface area contributed by atoms with E-state index in [-0.39, 0.29) is 16.7 Å². The van der Waals surface area contributed by atoms with Gasteiger partial charge >= 0.3 is 0 Å². The molecule has 2 unspecified atom stereocenters. The number of allylic oxidation sites excluding steroid dienone is 2. The molecule has 4 heteroatoms. The van der Waals surface area contributed by atoms with E-state index in [0.717, 1.165) is 24.8 Å². The summed E-state index contributed by atoms with van der Waals surface area (Å²) in [4.78, 5) is 12.7. The molecule has 0 aromatic carbocycles. The van der Waals surface area contributed by atoms with E-state index >= 15 is 0 Å². The van der Waals surface area contributed by atoms with Gasteiger partial charge < -0.3 is 9.47 Å². The van der Waals surface area contributed by atoms with Gasteiger partial charge in [-0.2, -0.15) is 0 Å². The Bertz CT molecular complexity index is 425. The second kappa shape index (κ2) is 3.90. The number of fused-ring (bicyclic) bond motifs is 4. The van der Waals surface area contributed by atoms with Gasteiger partial charge in [0.15, 0.2) is 11.6 Å². The van der Waals surface area contributed by atoms with E-state index in [2.05, 4.69) is 22.0 Å². The van der Waals surface area contributed by atoms with Gasteiger partial charge in [0.2, 0.25) is 0 Å². The first-order valence-electron chi connectivity index (χ1n) is 6.90. The quantitative estimate of drug-likeness (QED) is 0.644. The van der Waals surface area contributed by atoms with Crippen LogP contribution in [0, 0.1) is 17.8 Å². The Morgan fingerprint density at radius 2 is 2.06 bits per heavy atom. The Kier molecular flexibility index (Phi) is 2.52. The molecule has 0 bridgehead atoms. The van der Waals surface area contributed by atoms with Crippen LogP contribution in [-0.2, 0) is 14.3 Å². The largest absolute Gasteiger partial charge is 0.346 e. The molecule has 0 aromatic heterocycles. The normalized spacial score (nSPS) is 45.2. The highest BCUT2D eigenvalue weighted by molar-refractivity contribution is 9.09. The van der Waals surface area contributed by atoms with Gasteiger partial charge in [-0.05, 0) is 37.2 Å². The van der Waals surface area contributed by atoms with Gasteiger partial charge in [-0.1, -0.05) is 22.0 Å². The van der Waals surface area contributed by atoms with Crippen LogP contribution in [0.4, 0.5) is 0 Å². The maximum Gasteiger partial charge on any atom is 0.185 e. The summed E-state index contributed by atoms with van der Waals surface area (Å²) in [7, 11) is 0. The minimum absolute atomic E-state index is 0.113. The molecule has 0 radical (unpaired) electrons. The number of hydrogen-bond acceptors (Lipinski definition) is 3. The first-order valence-corrected chi connectivity index (χ1v) is 7.82. The second-order valence-electron chi connectivity index (χ2n) is 5.81. The molecule has 1 aliphatic heterocycles. The number of rotatable bonds is 0. The summed E-state index contributed by atoms with van der Waals surface area (Å²) in [6, 6.07) is 0. The molecule has 3 nitrogen and oxygen atoms in total. The smallest absolute Gasteiger partial charge is 0.185 e. The molecule has 4 aliphatic rings. The van der Waals surface area contributed by atoms with Crippen molar-refractivity contribution in [1.29, 1.82) is 0 Å². The minimum Gasteiger partial charge on any atom is -0.346 e. The summed E-state index contributed by atoms with van der Waals surface area (Å²) in [5.41, 5.74) is 1.08. The molecule has 98 valence electrons. The Morgan fingerprint density at radius 1 is 1.28 bits per heavy atom. The van der Waals surface area contributed by atoms with E-state index < -0.39 is 5.79 Å². The monoisotopic (exact) mass is 312 g/mol. The summed E-state index contributed by atoms with van der Waals surface area (Å²) >= 11 is 3.70. The lowest BCUT2D eigenvalue weighted by Gasteiger charge is -2.36. The van der Waals surface area contributed by atoms with Crippen LogP contribution in [0.2, 0.25) is 0 Å². The van der Waals surface area contributed by atoms with Gasteiger partial charge in [-0.25, -0.2) is 0 Å². The highest BCUT2D eigenvalue weighted by Gasteiger charge is 2.66. The summed E-state index contributed by atoms with van der Waals surface area (Å²) in [6.07, 6.45) is 6.39. The zero-order chi connectivity index (χ0) is 12.3. The first-order chi connectivity index (χ1) is 8.74. The van der Waals surface area contributed by atoms with Crippen LogP contribution in [0.1, 0.15) is 25.7 Å². The van der Waals surface area contributed by atoms with Crippen LogP contribution in [0.5, 0.6) is 0 Å². The molecule has 2 saturated carbocycles. The molecule has 0 amide bonds. The van der Waals surface area contributed by atoms with Crippen molar-refractivity contribution in [2.45, 2.75) is 36.3 Å². The number of halogens is 1. The highest BCUT2D eigenvalue weighted by atomic mass is 79.9. The lowest BCUT2D eigenvalue weighted by Crippen LogP contribution is -2.44. The molecule has 1 spiro atoms. The predicted molar refractivity (Wildman–Crippen MR) is 69.4 cm³/mol. The van der Waals surface area contributed by atoms with Crippen molar-refractivity contribution in [3.63, 3.8) is 0 Å². The SMILES string of the molecule is O=C1C2=CCCCC2[C@@H]2[C@H]1CC(Br)C21OCCO1. The van der Waals surface area contributed by atoms with Gasteiger partial charge in [0, 0.05) is 11.8 Å². The summed E-state index contributed by atoms with van der Waals surface area (Å²) in [5.74, 6) is 0.560. The Balaban J connectivity index is 1.79. The molecule has 1 saturated heterocycles. The van der Waals surface area contributed by atoms with Crippen LogP contribution in [0.15, 0.2) is 11.6 Å². The Morgan fingerprint density at radius 3 is 2.83 bits per heavy atom. The average Bonchev–Trinajstić information content (AvgIpc) is 3.03. The van der Waals surface area contributed by atoms with Crippen molar-refractivity contribution in [3.8, 4) is 0 Å². The molecule has 0 aromatic rings. The van der Waals surface area contributed by atoms with E-state index in [1.165, 1.54) is 6.42 Å². The van der Waals surface area contributed by atoms with E-state index in [1.807, 2.05) is 0 Å². The van der Waals surface area contributed by atoms with Crippen molar-refractivity contribution >= 4 is 21.7 Å². The summed E-state index contributed by atoms with van der Waals surface area (Å²) in [6.45, 7) is 1.32. The number of ether oxygens (including phenoxy) is 2. The third kappa shape index (κ3) is 1.29. The van der Waals surface area contributed by atoms with Gasteiger partial charge in [0.25, 0.3) is 0 Å². The van der Waals surface area contributed by atoms with Crippen LogP contribution in [0.3, 0.4) is 0 Å². The fraction of sp³-hybridized carbons (Fsp3) is 0.786. The molecule has 0 N–H and O–H groups in total. The van der Waals surface area contributed by atoms with Crippen molar-refractivity contribution < 1.29 is 14.3 Å². The molecular weight excluding hydrogens is 296 g/mol. The Labute approximate surface area is 115 Å².